The maximum atomic E-state index is 12.3. The summed E-state index contributed by atoms with van der Waals surface area (Å²) >= 11 is 0. The minimum atomic E-state index is -2.98. The number of aliphatic carboxylic acids is 1. The molecule has 1 atom stereocenters. The number of alkyl halides is 2. The average Bonchev–Trinajstić information content (AvgIpc) is 2.37. The lowest BCUT2D eigenvalue weighted by Crippen LogP contribution is -2.23. The van der Waals surface area contributed by atoms with Gasteiger partial charge in [0.1, 0.15) is 0 Å². The SMILES string of the molecule is CCNC(CC(=O)O)c1ccc(OC)c(OC(F)F)c1. The van der Waals surface area contributed by atoms with E-state index >= 15 is 0 Å². The molecule has 2 N–H and O–H groups in total. The fraction of sp³-hybridized carbons (Fsp3) is 0.462. The van der Waals surface area contributed by atoms with E-state index in [1.165, 1.54) is 19.2 Å². The van der Waals surface area contributed by atoms with Crippen LogP contribution in [0.4, 0.5) is 8.78 Å². The van der Waals surface area contributed by atoms with Crippen molar-refractivity contribution in [2.45, 2.75) is 26.0 Å². The van der Waals surface area contributed by atoms with Gasteiger partial charge in [0.25, 0.3) is 0 Å². The summed E-state index contributed by atoms with van der Waals surface area (Å²) in [6, 6.07) is 3.97. The molecule has 0 saturated heterocycles. The van der Waals surface area contributed by atoms with Gasteiger partial charge in [0.15, 0.2) is 11.5 Å². The van der Waals surface area contributed by atoms with Gasteiger partial charge in [-0.3, -0.25) is 4.79 Å². The molecule has 0 heterocycles. The molecular formula is C13H17F2NO4. The third kappa shape index (κ3) is 4.65. The molecular weight excluding hydrogens is 272 g/mol. The number of methoxy groups -OCH3 is 1. The lowest BCUT2D eigenvalue weighted by atomic mass is 10.0. The molecule has 0 radical (unpaired) electrons. The first-order chi connectivity index (χ1) is 9.47. The van der Waals surface area contributed by atoms with Crippen molar-refractivity contribution in [3.63, 3.8) is 0 Å². The van der Waals surface area contributed by atoms with Crippen LogP contribution >= 0.6 is 0 Å². The van der Waals surface area contributed by atoms with Crippen LogP contribution in [-0.2, 0) is 4.79 Å². The molecule has 112 valence electrons. The molecule has 0 bridgehead atoms. The summed E-state index contributed by atoms with van der Waals surface area (Å²) < 4.78 is 34.0. The van der Waals surface area contributed by atoms with E-state index in [0.29, 0.717) is 12.1 Å². The highest BCUT2D eigenvalue weighted by molar-refractivity contribution is 5.68. The van der Waals surface area contributed by atoms with Crippen LogP contribution < -0.4 is 14.8 Å². The van der Waals surface area contributed by atoms with Crippen LogP contribution in [-0.4, -0.2) is 31.3 Å². The third-order valence-corrected chi connectivity index (χ3v) is 2.64. The summed E-state index contributed by atoms with van der Waals surface area (Å²) in [7, 11) is 1.34. The molecule has 5 nitrogen and oxygen atoms in total. The zero-order valence-corrected chi connectivity index (χ0v) is 11.2. The van der Waals surface area contributed by atoms with E-state index in [0.717, 1.165) is 0 Å². The van der Waals surface area contributed by atoms with Gasteiger partial charge in [0, 0.05) is 6.04 Å². The summed E-state index contributed by atoms with van der Waals surface area (Å²) in [6.45, 7) is -0.597. The van der Waals surface area contributed by atoms with Crippen LogP contribution in [0.3, 0.4) is 0 Å². The Bertz CT molecular complexity index is 454. The quantitative estimate of drug-likeness (QED) is 0.769. The van der Waals surface area contributed by atoms with Crippen LogP contribution in [0.25, 0.3) is 0 Å². The van der Waals surface area contributed by atoms with Crippen molar-refractivity contribution >= 4 is 5.97 Å². The van der Waals surface area contributed by atoms with Crippen molar-refractivity contribution in [3.8, 4) is 11.5 Å². The standard InChI is InChI=1S/C13H17F2NO4/c1-3-16-9(7-12(17)18)8-4-5-10(19-2)11(6-8)20-13(14)15/h4-6,9,13,16H,3,7H2,1-2H3,(H,17,18). The molecule has 0 aliphatic carbocycles. The first-order valence-electron chi connectivity index (χ1n) is 6.05. The minimum Gasteiger partial charge on any atom is -0.493 e. The number of carboxylic acids is 1. The molecule has 0 spiro atoms. The highest BCUT2D eigenvalue weighted by atomic mass is 19.3. The van der Waals surface area contributed by atoms with Gasteiger partial charge in [0.2, 0.25) is 0 Å². The topological polar surface area (TPSA) is 67.8 Å². The van der Waals surface area contributed by atoms with Crippen LogP contribution in [0.2, 0.25) is 0 Å². The van der Waals surface area contributed by atoms with Gasteiger partial charge in [-0.1, -0.05) is 13.0 Å². The second-order valence-electron chi connectivity index (χ2n) is 4.00. The summed E-state index contributed by atoms with van der Waals surface area (Å²) in [5.41, 5.74) is 0.547. The number of hydrogen-bond donors (Lipinski definition) is 2. The molecule has 1 rings (SSSR count). The number of rotatable bonds is 8. The zero-order chi connectivity index (χ0) is 15.1. The molecule has 1 aromatic rings. The number of hydrogen-bond acceptors (Lipinski definition) is 4. The van der Waals surface area contributed by atoms with Gasteiger partial charge in [-0.05, 0) is 24.2 Å². The van der Waals surface area contributed by atoms with E-state index in [9.17, 15) is 13.6 Å². The van der Waals surface area contributed by atoms with E-state index in [1.807, 2.05) is 6.92 Å². The summed E-state index contributed by atoms with van der Waals surface area (Å²) in [6.07, 6.45) is -0.158. The van der Waals surface area contributed by atoms with Gasteiger partial charge in [-0.15, -0.1) is 0 Å². The van der Waals surface area contributed by atoms with Crippen LogP contribution in [0.1, 0.15) is 24.9 Å². The fourth-order valence-electron chi connectivity index (χ4n) is 1.83. The molecule has 0 aliphatic rings. The summed E-state index contributed by atoms with van der Waals surface area (Å²) in [4.78, 5) is 10.8. The third-order valence-electron chi connectivity index (χ3n) is 2.64. The van der Waals surface area contributed by atoms with Gasteiger partial charge in [0.05, 0.1) is 13.5 Å². The molecule has 20 heavy (non-hydrogen) atoms. The first kappa shape index (κ1) is 16.2. The number of ether oxygens (including phenoxy) is 2. The minimum absolute atomic E-state index is 0.117. The highest BCUT2D eigenvalue weighted by Gasteiger charge is 2.18. The lowest BCUT2D eigenvalue weighted by Gasteiger charge is -2.18. The maximum Gasteiger partial charge on any atom is 0.387 e. The molecule has 0 aliphatic heterocycles. The van der Waals surface area contributed by atoms with Crippen molar-refractivity contribution in [1.29, 1.82) is 0 Å². The van der Waals surface area contributed by atoms with Crippen LogP contribution in [0.15, 0.2) is 18.2 Å². The summed E-state index contributed by atoms with van der Waals surface area (Å²) in [5, 5.41) is 11.9. The smallest absolute Gasteiger partial charge is 0.387 e. The average molecular weight is 289 g/mol. The Labute approximate surface area is 115 Å². The first-order valence-corrected chi connectivity index (χ1v) is 6.05. The van der Waals surface area contributed by atoms with Gasteiger partial charge >= 0.3 is 12.6 Å². The zero-order valence-electron chi connectivity index (χ0n) is 11.2. The largest absolute Gasteiger partial charge is 0.493 e. The Hall–Kier alpha value is -1.89. The van der Waals surface area contributed by atoms with Gasteiger partial charge in [-0.25, -0.2) is 0 Å². The van der Waals surface area contributed by atoms with E-state index in [2.05, 4.69) is 10.1 Å². The van der Waals surface area contributed by atoms with Crippen molar-refractivity contribution < 1.29 is 28.2 Å². The Morgan fingerprint density at radius 3 is 2.60 bits per heavy atom. The van der Waals surface area contributed by atoms with E-state index in [4.69, 9.17) is 9.84 Å². The van der Waals surface area contributed by atoms with Crippen LogP contribution in [0.5, 0.6) is 11.5 Å². The number of benzene rings is 1. The van der Waals surface area contributed by atoms with Crippen LogP contribution in [0, 0.1) is 0 Å². The number of carboxylic acid groups (broad SMARTS) is 1. The maximum absolute atomic E-state index is 12.3. The van der Waals surface area contributed by atoms with E-state index in [1.54, 1.807) is 6.07 Å². The molecule has 7 heteroatoms. The van der Waals surface area contributed by atoms with E-state index < -0.39 is 18.6 Å². The number of carbonyl (C=O) groups is 1. The number of halogens is 2. The fourth-order valence-corrected chi connectivity index (χ4v) is 1.83. The molecule has 0 amide bonds. The Morgan fingerprint density at radius 1 is 1.40 bits per heavy atom. The Balaban J connectivity index is 3.05. The molecule has 1 aromatic carbocycles. The molecule has 0 saturated carbocycles. The molecule has 0 fully saturated rings. The molecule has 1 unspecified atom stereocenters. The molecule has 0 aromatic heterocycles. The van der Waals surface area contributed by atoms with Gasteiger partial charge < -0.3 is 19.9 Å². The van der Waals surface area contributed by atoms with E-state index in [-0.39, 0.29) is 17.9 Å². The van der Waals surface area contributed by atoms with Crippen molar-refractivity contribution in [1.82, 2.24) is 5.32 Å². The number of nitrogens with one attached hydrogen (secondary N) is 1. The Kier molecular flexibility index (Phi) is 6.17. The second-order valence-corrected chi connectivity index (χ2v) is 4.00. The summed E-state index contributed by atoms with van der Waals surface area (Å²) in [5.74, 6) is -0.934. The Morgan fingerprint density at radius 2 is 2.10 bits per heavy atom. The predicted octanol–water partition coefficient (Wildman–Crippen LogP) is 2.42. The van der Waals surface area contributed by atoms with Crippen molar-refractivity contribution in [2.75, 3.05) is 13.7 Å². The normalized spacial score (nSPS) is 12.2. The highest BCUT2D eigenvalue weighted by Crippen LogP contribution is 2.32. The predicted molar refractivity (Wildman–Crippen MR) is 68.3 cm³/mol. The van der Waals surface area contributed by atoms with Crippen molar-refractivity contribution in [2.24, 2.45) is 0 Å². The van der Waals surface area contributed by atoms with Gasteiger partial charge in [-0.2, -0.15) is 8.78 Å². The van der Waals surface area contributed by atoms with Crippen molar-refractivity contribution in [3.05, 3.63) is 23.8 Å². The second kappa shape index (κ2) is 7.64. The lowest BCUT2D eigenvalue weighted by molar-refractivity contribution is -0.137. The monoisotopic (exact) mass is 289 g/mol.